The molecule has 0 aliphatic carbocycles. The van der Waals surface area contributed by atoms with Crippen molar-refractivity contribution in [1.82, 2.24) is 10.3 Å². The number of pyridine rings is 1. The van der Waals surface area contributed by atoms with Gasteiger partial charge in [0.25, 0.3) is 0 Å². The lowest BCUT2D eigenvalue weighted by molar-refractivity contribution is -0.118. The second-order valence-corrected chi connectivity index (χ2v) is 6.99. The first-order valence-corrected chi connectivity index (χ1v) is 9.39. The van der Waals surface area contributed by atoms with E-state index in [4.69, 9.17) is 0 Å². The van der Waals surface area contributed by atoms with Gasteiger partial charge in [0, 0.05) is 11.9 Å². The van der Waals surface area contributed by atoms with E-state index in [1.54, 1.807) is 0 Å². The van der Waals surface area contributed by atoms with Gasteiger partial charge in [0.1, 0.15) is 11.1 Å². The molecule has 0 unspecified atom stereocenters. The zero-order valence-corrected chi connectivity index (χ0v) is 15.3. The Morgan fingerprint density at radius 3 is 2.77 bits per heavy atom. The van der Waals surface area contributed by atoms with Crippen molar-refractivity contribution in [3.05, 3.63) is 71.3 Å². The summed E-state index contributed by atoms with van der Waals surface area (Å²) in [6, 6.07) is 20.0. The molecule has 0 radical (unpaired) electrons. The van der Waals surface area contributed by atoms with E-state index in [1.165, 1.54) is 17.3 Å². The van der Waals surface area contributed by atoms with Crippen LogP contribution in [0.15, 0.2) is 59.6 Å². The van der Waals surface area contributed by atoms with Crippen molar-refractivity contribution in [2.24, 2.45) is 0 Å². The Hall–Kier alpha value is -2.84. The molecule has 0 saturated carbocycles. The number of rotatable bonds is 6. The van der Waals surface area contributed by atoms with E-state index in [-0.39, 0.29) is 11.7 Å². The Bertz CT molecular complexity index is 964. The Kier molecular flexibility index (Phi) is 5.88. The van der Waals surface area contributed by atoms with Crippen molar-refractivity contribution in [1.29, 1.82) is 5.26 Å². The molecule has 0 atom stereocenters. The van der Waals surface area contributed by atoms with Crippen molar-refractivity contribution >= 4 is 28.6 Å². The molecule has 0 spiro atoms. The van der Waals surface area contributed by atoms with E-state index in [1.807, 2.05) is 61.5 Å². The maximum absolute atomic E-state index is 12.1. The predicted octanol–water partition coefficient (Wildman–Crippen LogP) is 3.87. The first-order valence-electron chi connectivity index (χ1n) is 8.40. The Labute approximate surface area is 157 Å². The maximum atomic E-state index is 12.1. The number of carbonyl (C=O) groups is 1. The number of fused-ring (bicyclic) bond motifs is 1. The van der Waals surface area contributed by atoms with E-state index in [2.05, 4.69) is 16.4 Å². The highest BCUT2D eigenvalue weighted by Gasteiger charge is 2.10. The van der Waals surface area contributed by atoms with Crippen LogP contribution in [0.25, 0.3) is 10.9 Å². The molecule has 2 aromatic carbocycles. The number of nitriles is 1. The summed E-state index contributed by atoms with van der Waals surface area (Å²) in [6.07, 6.45) is 0.800. The van der Waals surface area contributed by atoms with Gasteiger partial charge in [-0.05, 0) is 36.6 Å². The molecule has 0 bridgehead atoms. The molecule has 1 aromatic heterocycles. The van der Waals surface area contributed by atoms with E-state index in [0.717, 1.165) is 22.9 Å². The first kappa shape index (κ1) is 18.0. The minimum atomic E-state index is -0.0547. The molecule has 0 fully saturated rings. The lowest BCUT2D eigenvalue weighted by atomic mass is 10.1. The smallest absolute Gasteiger partial charge is 0.230 e. The monoisotopic (exact) mass is 361 g/mol. The SMILES string of the molecule is Cc1ccc2cc(C#N)c(SCC(=O)NCCc3ccccc3)nc2c1. The fraction of sp³-hybridized carbons (Fsp3) is 0.190. The van der Waals surface area contributed by atoms with Crippen molar-refractivity contribution in [3.8, 4) is 6.07 Å². The number of benzene rings is 2. The molecule has 5 heteroatoms. The fourth-order valence-corrected chi connectivity index (χ4v) is 3.42. The van der Waals surface area contributed by atoms with E-state index in [0.29, 0.717) is 17.1 Å². The van der Waals surface area contributed by atoms with Crippen molar-refractivity contribution < 1.29 is 4.79 Å². The number of carbonyl (C=O) groups excluding carboxylic acids is 1. The summed E-state index contributed by atoms with van der Waals surface area (Å²) >= 11 is 1.30. The van der Waals surface area contributed by atoms with Crippen LogP contribution in [0.5, 0.6) is 0 Å². The third-order valence-electron chi connectivity index (χ3n) is 3.98. The first-order chi connectivity index (χ1) is 12.7. The van der Waals surface area contributed by atoms with Gasteiger partial charge in [0.05, 0.1) is 16.8 Å². The molecule has 3 rings (SSSR count). The topological polar surface area (TPSA) is 65.8 Å². The van der Waals surface area contributed by atoms with Crippen LogP contribution in [-0.4, -0.2) is 23.2 Å². The van der Waals surface area contributed by atoms with Crippen molar-refractivity contribution in [2.75, 3.05) is 12.3 Å². The molecule has 26 heavy (non-hydrogen) atoms. The van der Waals surface area contributed by atoms with Crippen molar-refractivity contribution in [2.45, 2.75) is 18.4 Å². The van der Waals surface area contributed by atoms with Gasteiger partial charge in [-0.2, -0.15) is 5.26 Å². The highest BCUT2D eigenvalue weighted by Crippen LogP contribution is 2.25. The molecule has 0 aliphatic rings. The number of aryl methyl sites for hydroxylation is 1. The van der Waals surface area contributed by atoms with Crippen LogP contribution in [0.4, 0.5) is 0 Å². The largest absolute Gasteiger partial charge is 0.355 e. The van der Waals surface area contributed by atoms with Gasteiger partial charge in [0.2, 0.25) is 5.91 Å². The van der Waals surface area contributed by atoms with Crippen LogP contribution in [0.2, 0.25) is 0 Å². The molecular weight excluding hydrogens is 342 g/mol. The van der Waals surface area contributed by atoms with E-state index >= 15 is 0 Å². The second kappa shape index (κ2) is 8.50. The summed E-state index contributed by atoms with van der Waals surface area (Å²) in [7, 11) is 0. The van der Waals surface area contributed by atoms with Crippen LogP contribution in [0, 0.1) is 18.3 Å². The minimum Gasteiger partial charge on any atom is -0.355 e. The summed E-state index contributed by atoms with van der Waals surface area (Å²) in [5.74, 6) is 0.189. The molecule has 1 amide bonds. The predicted molar refractivity (Wildman–Crippen MR) is 105 cm³/mol. The number of amides is 1. The normalized spacial score (nSPS) is 10.5. The number of hydrogen-bond donors (Lipinski definition) is 1. The molecule has 0 saturated heterocycles. The Morgan fingerprint density at radius 2 is 2.00 bits per heavy atom. The highest BCUT2D eigenvalue weighted by atomic mass is 32.2. The molecule has 0 aliphatic heterocycles. The zero-order valence-electron chi connectivity index (χ0n) is 14.5. The minimum absolute atomic E-state index is 0.0547. The third-order valence-corrected chi connectivity index (χ3v) is 4.97. The average molecular weight is 361 g/mol. The number of hydrogen-bond acceptors (Lipinski definition) is 4. The summed E-state index contributed by atoms with van der Waals surface area (Å²) in [4.78, 5) is 16.6. The van der Waals surface area contributed by atoms with Gasteiger partial charge >= 0.3 is 0 Å². The quantitative estimate of drug-likeness (QED) is 0.677. The molecule has 3 aromatic rings. The Balaban J connectivity index is 1.59. The third kappa shape index (κ3) is 4.62. The fourth-order valence-electron chi connectivity index (χ4n) is 2.63. The molecular formula is C21H19N3OS. The van der Waals surface area contributed by atoms with E-state index in [9.17, 15) is 10.1 Å². The van der Waals surface area contributed by atoms with Crippen LogP contribution < -0.4 is 5.32 Å². The number of nitrogens with one attached hydrogen (secondary N) is 1. The number of aromatic nitrogens is 1. The summed E-state index contributed by atoms with van der Waals surface area (Å²) < 4.78 is 0. The van der Waals surface area contributed by atoms with Crippen LogP contribution in [0.1, 0.15) is 16.7 Å². The summed E-state index contributed by atoms with van der Waals surface area (Å²) in [6.45, 7) is 2.60. The number of thioether (sulfide) groups is 1. The second-order valence-electron chi connectivity index (χ2n) is 6.02. The lowest BCUT2D eigenvalue weighted by Gasteiger charge is -2.07. The highest BCUT2D eigenvalue weighted by molar-refractivity contribution is 8.00. The number of nitrogens with zero attached hydrogens (tertiary/aromatic N) is 2. The van der Waals surface area contributed by atoms with Gasteiger partial charge in [-0.25, -0.2) is 4.98 Å². The lowest BCUT2D eigenvalue weighted by Crippen LogP contribution is -2.27. The van der Waals surface area contributed by atoms with Crippen molar-refractivity contribution in [3.63, 3.8) is 0 Å². The van der Waals surface area contributed by atoms with Gasteiger partial charge < -0.3 is 5.32 Å². The summed E-state index contributed by atoms with van der Waals surface area (Å²) in [5, 5.41) is 13.8. The van der Waals surface area contributed by atoms with Gasteiger partial charge in [-0.1, -0.05) is 54.2 Å². The summed E-state index contributed by atoms with van der Waals surface area (Å²) in [5.41, 5.74) is 3.66. The molecule has 4 nitrogen and oxygen atoms in total. The van der Waals surface area contributed by atoms with Gasteiger partial charge in [-0.3, -0.25) is 4.79 Å². The average Bonchev–Trinajstić information content (AvgIpc) is 2.66. The van der Waals surface area contributed by atoms with Crippen LogP contribution in [0.3, 0.4) is 0 Å². The molecule has 1 heterocycles. The molecule has 1 N–H and O–H groups in total. The van der Waals surface area contributed by atoms with Gasteiger partial charge in [-0.15, -0.1) is 0 Å². The Morgan fingerprint density at radius 1 is 1.19 bits per heavy atom. The van der Waals surface area contributed by atoms with Crippen LogP contribution >= 0.6 is 11.8 Å². The molecule has 130 valence electrons. The van der Waals surface area contributed by atoms with Crippen LogP contribution in [-0.2, 0) is 11.2 Å². The van der Waals surface area contributed by atoms with E-state index < -0.39 is 0 Å². The zero-order chi connectivity index (χ0) is 18.4. The standard InChI is InChI=1S/C21H19N3OS/c1-15-7-8-17-12-18(13-22)21(24-19(17)11-15)26-14-20(25)23-10-9-16-5-3-2-4-6-16/h2-8,11-12H,9-10,14H2,1H3,(H,23,25). The maximum Gasteiger partial charge on any atom is 0.230 e. The van der Waals surface area contributed by atoms with Gasteiger partial charge in [0.15, 0.2) is 0 Å².